The lowest BCUT2D eigenvalue weighted by atomic mass is 10.1. The highest BCUT2D eigenvalue weighted by atomic mass is 35.5. The summed E-state index contributed by atoms with van der Waals surface area (Å²) in [4.78, 5) is 16.6. The van der Waals surface area contributed by atoms with E-state index < -0.39 is 49.5 Å². The van der Waals surface area contributed by atoms with Crippen molar-refractivity contribution in [3.05, 3.63) is 57.3 Å². The van der Waals surface area contributed by atoms with Crippen LogP contribution >= 0.6 is 34.5 Å². The number of carbonyl (C=O) groups excluding carboxylic acids is 1. The number of sulfonamides is 1. The molecule has 1 heterocycles. The van der Waals surface area contributed by atoms with E-state index in [-0.39, 0.29) is 38.3 Å². The van der Waals surface area contributed by atoms with Crippen LogP contribution in [0.5, 0.6) is 0 Å². The average Bonchev–Trinajstić information content (AvgIpc) is 3.23. The number of halogens is 6. The molecule has 0 spiro atoms. The van der Waals surface area contributed by atoms with E-state index in [9.17, 15) is 35.9 Å². The van der Waals surface area contributed by atoms with E-state index in [2.05, 4.69) is 10.3 Å². The Morgan fingerprint density at radius 1 is 1.16 bits per heavy atom. The summed E-state index contributed by atoms with van der Waals surface area (Å²) >= 11 is 13.4. The fourth-order valence-electron chi connectivity index (χ4n) is 3.08. The first-order valence-electron chi connectivity index (χ1n) is 10.8. The van der Waals surface area contributed by atoms with Crippen molar-refractivity contribution in [3.63, 3.8) is 0 Å². The molecular weight excluding hydrogens is 593 g/mol. The Hall–Kier alpha value is -2.29. The van der Waals surface area contributed by atoms with Crippen molar-refractivity contribution in [2.45, 2.75) is 43.5 Å². The summed E-state index contributed by atoms with van der Waals surface area (Å²) in [6.07, 6.45) is -4.84. The molecule has 3 rings (SSSR count). The van der Waals surface area contributed by atoms with Crippen LogP contribution in [0.1, 0.15) is 30.6 Å². The van der Waals surface area contributed by atoms with E-state index in [1.54, 1.807) is 0 Å². The van der Waals surface area contributed by atoms with Gasteiger partial charge in [0.05, 0.1) is 26.2 Å². The second-order valence-corrected chi connectivity index (χ2v) is 12.3. The molecule has 3 aromatic rings. The van der Waals surface area contributed by atoms with Crippen molar-refractivity contribution in [2.75, 3.05) is 6.54 Å². The predicted octanol–water partition coefficient (Wildman–Crippen LogP) is 5.65. The lowest BCUT2D eigenvalue weighted by molar-refractivity contribution is -0.147. The monoisotopic (exact) mass is 613 g/mol. The van der Waals surface area contributed by atoms with E-state index in [4.69, 9.17) is 23.2 Å². The molecule has 0 bridgehead atoms. The minimum Gasteiger partial charge on any atom is -0.389 e. The van der Waals surface area contributed by atoms with Crippen LogP contribution in [0.25, 0.3) is 21.7 Å². The number of thiazole rings is 1. The van der Waals surface area contributed by atoms with Gasteiger partial charge in [0.1, 0.15) is 16.8 Å². The molecular formula is C23H21Cl2F4N3O4S2. The maximum absolute atomic E-state index is 14.0. The molecule has 0 radical (unpaired) electrons. The van der Waals surface area contributed by atoms with Crippen LogP contribution in [0.4, 0.5) is 17.6 Å². The van der Waals surface area contributed by atoms with Gasteiger partial charge in [-0.3, -0.25) is 4.79 Å². The van der Waals surface area contributed by atoms with Gasteiger partial charge in [-0.25, -0.2) is 17.8 Å². The number of aromatic nitrogens is 1. The highest BCUT2D eigenvalue weighted by Gasteiger charge is 2.39. The molecule has 38 heavy (non-hydrogen) atoms. The highest BCUT2D eigenvalue weighted by molar-refractivity contribution is 7.89. The standard InChI is InChI=1S/C23H21Cl2F4N3O4S2/c1-11(23(27,28)29)32-38(35,36)15-8-7-14(16(24)17(15)25)19-18(12-5-4-6-13(26)9-12)31-21(37-19)20(33)30-10-22(2,3)34/h4-9,11,32,34H,10H2,1-3H3,(H,30,33)/t11-/m0/s1. The minimum atomic E-state index is -4.84. The van der Waals surface area contributed by atoms with Crippen molar-refractivity contribution in [1.82, 2.24) is 15.0 Å². The van der Waals surface area contributed by atoms with E-state index >= 15 is 0 Å². The van der Waals surface area contributed by atoms with Gasteiger partial charge < -0.3 is 10.4 Å². The zero-order valence-corrected chi connectivity index (χ0v) is 23.1. The molecule has 7 nitrogen and oxygen atoms in total. The molecule has 0 saturated carbocycles. The Balaban J connectivity index is 2.12. The molecule has 0 fully saturated rings. The van der Waals surface area contributed by atoms with Crippen LogP contribution < -0.4 is 10.0 Å². The number of alkyl halides is 3. The third-order valence-corrected chi connectivity index (χ3v) is 8.67. The number of benzene rings is 2. The normalized spacial score (nSPS) is 13.4. The van der Waals surface area contributed by atoms with Crippen LogP contribution in [0.3, 0.4) is 0 Å². The molecule has 0 aliphatic heterocycles. The zero-order valence-electron chi connectivity index (χ0n) is 20.0. The lowest BCUT2D eigenvalue weighted by Gasteiger charge is -2.18. The van der Waals surface area contributed by atoms with Gasteiger partial charge in [0, 0.05) is 17.7 Å². The Bertz CT molecular complexity index is 1470. The molecule has 2 aromatic carbocycles. The van der Waals surface area contributed by atoms with Crippen LogP contribution in [0, 0.1) is 5.82 Å². The Morgan fingerprint density at radius 2 is 1.82 bits per heavy atom. The van der Waals surface area contributed by atoms with Gasteiger partial charge in [-0.05, 0) is 39.0 Å². The van der Waals surface area contributed by atoms with Gasteiger partial charge in [0.25, 0.3) is 5.91 Å². The SMILES string of the molecule is C[C@H](NS(=O)(=O)c1ccc(-c2sc(C(=O)NCC(C)(C)O)nc2-c2cccc(F)c2)c(Cl)c1Cl)C(F)(F)F. The van der Waals surface area contributed by atoms with E-state index in [1.807, 2.05) is 0 Å². The van der Waals surface area contributed by atoms with Gasteiger partial charge in [-0.2, -0.15) is 17.9 Å². The molecule has 0 unspecified atom stereocenters. The van der Waals surface area contributed by atoms with Crippen molar-refractivity contribution >= 4 is 50.5 Å². The first-order valence-corrected chi connectivity index (χ1v) is 13.8. The highest BCUT2D eigenvalue weighted by Crippen LogP contribution is 2.44. The number of nitrogens with zero attached hydrogens (tertiary/aromatic N) is 1. The second-order valence-electron chi connectivity index (χ2n) is 8.83. The zero-order chi connectivity index (χ0) is 28.6. The molecule has 0 aliphatic rings. The summed E-state index contributed by atoms with van der Waals surface area (Å²) in [7, 11) is -4.73. The Labute approximate surface area is 229 Å². The topological polar surface area (TPSA) is 108 Å². The summed E-state index contributed by atoms with van der Waals surface area (Å²) in [5.74, 6) is -1.24. The summed E-state index contributed by atoms with van der Waals surface area (Å²) in [5.41, 5.74) is -0.711. The van der Waals surface area contributed by atoms with Crippen molar-refractivity contribution in [2.24, 2.45) is 0 Å². The van der Waals surface area contributed by atoms with Crippen LogP contribution in [0.2, 0.25) is 10.0 Å². The van der Waals surface area contributed by atoms with Gasteiger partial charge in [0.15, 0.2) is 5.01 Å². The van der Waals surface area contributed by atoms with E-state index in [0.717, 1.165) is 23.5 Å². The first kappa shape index (κ1) is 30.3. The Kier molecular flexibility index (Phi) is 8.81. The average molecular weight is 614 g/mol. The minimum absolute atomic E-state index is 0.0759. The molecule has 0 aliphatic carbocycles. The fourth-order valence-corrected chi connectivity index (χ4v) is 6.27. The van der Waals surface area contributed by atoms with Crippen LogP contribution in [-0.4, -0.2) is 48.8 Å². The van der Waals surface area contributed by atoms with Gasteiger partial charge in [0.2, 0.25) is 10.0 Å². The Morgan fingerprint density at radius 3 is 2.39 bits per heavy atom. The number of nitrogens with one attached hydrogen (secondary N) is 2. The largest absolute Gasteiger partial charge is 0.404 e. The smallest absolute Gasteiger partial charge is 0.389 e. The number of amides is 1. The number of hydrogen-bond acceptors (Lipinski definition) is 6. The molecule has 15 heteroatoms. The fraction of sp³-hybridized carbons (Fsp3) is 0.304. The second kappa shape index (κ2) is 11.1. The van der Waals surface area contributed by atoms with Crippen molar-refractivity contribution in [1.29, 1.82) is 0 Å². The van der Waals surface area contributed by atoms with Crippen molar-refractivity contribution in [3.8, 4) is 21.7 Å². The van der Waals surface area contributed by atoms with Crippen LogP contribution in [-0.2, 0) is 10.0 Å². The number of carbonyl (C=O) groups is 1. The maximum atomic E-state index is 14.0. The molecule has 1 aromatic heterocycles. The van der Waals surface area contributed by atoms with Gasteiger partial charge >= 0.3 is 6.18 Å². The molecule has 1 atom stereocenters. The number of aliphatic hydroxyl groups is 1. The molecule has 0 saturated heterocycles. The number of hydrogen-bond donors (Lipinski definition) is 3. The third-order valence-electron chi connectivity index (χ3n) is 5.00. The summed E-state index contributed by atoms with van der Waals surface area (Å²) in [6, 6.07) is 5.08. The third kappa shape index (κ3) is 7.01. The quantitative estimate of drug-likeness (QED) is 0.284. The summed E-state index contributed by atoms with van der Waals surface area (Å²) in [6.45, 7) is 3.51. The molecule has 206 valence electrons. The molecule has 3 N–H and O–H groups in total. The van der Waals surface area contributed by atoms with Crippen LogP contribution in [0.15, 0.2) is 41.3 Å². The van der Waals surface area contributed by atoms with E-state index in [1.165, 1.54) is 42.8 Å². The van der Waals surface area contributed by atoms with E-state index in [0.29, 0.717) is 6.92 Å². The molecule has 1 amide bonds. The lowest BCUT2D eigenvalue weighted by Crippen LogP contribution is -2.43. The van der Waals surface area contributed by atoms with Crippen molar-refractivity contribution < 1.29 is 35.9 Å². The van der Waals surface area contributed by atoms with Gasteiger partial charge in [-0.15, -0.1) is 11.3 Å². The number of rotatable bonds is 8. The maximum Gasteiger partial charge on any atom is 0.404 e. The predicted molar refractivity (Wildman–Crippen MR) is 137 cm³/mol. The first-order chi connectivity index (χ1) is 17.4. The van der Waals surface area contributed by atoms with Gasteiger partial charge in [-0.1, -0.05) is 41.4 Å². The summed E-state index contributed by atoms with van der Waals surface area (Å²) in [5, 5.41) is 11.5. The summed E-state index contributed by atoms with van der Waals surface area (Å²) < 4.78 is 79.5.